The number of benzene rings is 5. The van der Waals surface area contributed by atoms with E-state index in [2.05, 4.69) is 152 Å². The van der Waals surface area contributed by atoms with Crippen molar-refractivity contribution in [2.45, 2.75) is 47.0 Å². The van der Waals surface area contributed by atoms with E-state index in [1.807, 2.05) is 19.9 Å². The molecule has 0 unspecified atom stereocenters. The van der Waals surface area contributed by atoms with Gasteiger partial charge in [0.05, 0.1) is 5.52 Å². The van der Waals surface area contributed by atoms with E-state index in [9.17, 15) is 0 Å². The number of aryl methyl sites for hydroxylation is 2. The largest absolute Gasteiger partial charge is 0.313 e. The number of nitrogens with zero attached hydrogens (tertiary/aromatic N) is 1. The van der Waals surface area contributed by atoms with E-state index in [1.54, 1.807) is 8.86 Å². The molecule has 2 heterocycles. The van der Waals surface area contributed by atoms with Crippen molar-refractivity contribution in [2.75, 3.05) is 8.86 Å². The van der Waals surface area contributed by atoms with Gasteiger partial charge in [0.25, 0.3) is 0 Å². The van der Waals surface area contributed by atoms with Crippen molar-refractivity contribution in [1.82, 2.24) is 4.57 Å². The topological polar surface area (TPSA) is 4.93 Å². The quantitative estimate of drug-likeness (QED) is 0.129. The zero-order valence-corrected chi connectivity index (χ0v) is 29.3. The van der Waals surface area contributed by atoms with Crippen molar-refractivity contribution < 1.29 is 21.2 Å². The first-order chi connectivity index (χ1) is 22.2. The van der Waals surface area contributed by atoms with Gasteiger partial charge in [0.2, 0.25) is 0 Å². The third-order valence-electron chi connectivity index (χ3n) is 7.93. The van der Waals surface area contributed by atoms with Crippen LogP contribution in [0.2, 0.25) is 0 Å². The minimum Gasteiger partial charge on any atom is -0.313 e. The molecule has 1 fully saturated rings. The summed E-state index contributed by atoms with van der Waals surface area (Å²) < 4.78 is 5.71. The second kappa shape index (κ2) is 16.4. The fourth-order valence-electron chi connectivity index (χ4n) is 5.84. The van der Waals surface area contributed by atoms with Crippen LogP contribution in [-0.4, -0.2) is 13.4 Å². The Bertz CT molecular complexity index is 1820. The number of hydrogen-bond acceptors (Lipinski definition) is 0. The monoisotopic (exact) mass is 702 g/mol. The van der Waals surface area contributed by atoms with E-state index in [1.165, 1.54) is 67.6 Å². The van der Waals surface area contributed by atoms with Crippen molar-refractivity contribution in [2.24, 2.45) is 0 Å². The third-order valence-corrected chi connectivity index (χ3v) is 9.01. The first-order valence-electron chi connectivity index (χ1n) is 16.3. The van der Waals surface area contributed by atoms with Gasteiger partial charge in [-0.2, -0.15) is 0 Å². The van der Waals surface area contributed by atoms with Crippen LogP contribution < -0.4 is 21.2 Å². The molecule has 0 spiro atoms. The van der Waals surface area contributed by atoms with E-state index < -0.39 is 0 Å². The van der Waals surface area contributed by atoms with Gasteiger partial charge in [-0.05, 0) is 84.7 Å². The van der Waals surface area contributed by atoms with Crippen LogP contribution in [0, 0.1) is 13.8 Å². The summed E-state index contributed by atoms with van der Waals surface area (Å²) >= 11 is 0.840. The van der Waals surface area contributed by atoms with Gasteiger partial charge in [0.15, 0.2) is 0 Å². The Labute approximate surface area is 280 Å². The molecule has 6 aromatic rings. The molecular weight excluding hydrogens is 657 g/mol. The van der Waals surface area contributed by atoms with Gasteiger partial charge in [0.1, 0.15) is 0 Å². The maximum atomic E-state index is 2.49. The molecule has 0 saturated carbocycles. The van der Waals surface area contributed by atoms with E-state index in [0.29, 0.717) is 0 Å². The standard InChI is InChI=1S/C26H23N.C13H12.C2H4I.C2H6/c1-19-16-21(20-10-4-2-5-11-20)18-22(17-19)27-25-14-7-3-6-12-23(25)24-13-8-9-15-26(24)27;1-11-7-5-6-10-13(11)12-8-3-2-4-9-12;1-2-3-1;1-2/h2,4-6,8-13,15-18H,3,7,14H2,1H3;2-10H,1H3;1-2H2;1-2H3/q;;-1;. The van der Waals surface area contributed by atoms with Crippen LogP contribution in [0.15, 0.2) is 133 Å². The molecule has 8 rings (SSSR count). The molecule has 0 atom stereocenters. The molecule has 5 aromatic carbocycles. The molecule has 0 bridgehead atoms. The molecule has 2 aliphatic rings. The summed E-state index contributed by atoms with van der Waals surface area (Å²) in [4.78, 5) is 0. The zero-order chi connectivity index (χ0) is 31.4. The second-order valence-electron chi connectivity index (χ2n) is 11.2. The van der Waals surface area contributed by atoms with E-state index in [4.69, 9.17) is 0 Å². The summed E-state index contributed by atoms with van der Waals surface area (Å²) in [7, 11) is 0. The molecule has 1 nitrogen and oxygen atoms in total. The number of para-hydroxylation sites is 1. The van der Waals surface area contributed by atoms with Crippen LogP contribution >= 0.6 is 0 Å². The second-order valence-corrected chi connectivity index (χ2v) is 14.4. The molecule has 1 aliphatic heterocycles. The summed E-state index contributed by atoms with van der Waals surface area (Å²) in [6.07, 6.45) is 8.14. The van der Waals surface area contributed by atoms with Crippen LogP contribution in [0.1, 0.15) is 49.1 Å². The third kappa shape index (κ3) is 8.43. The van der Waals surface area contributed by atoms with Crippen molar-refractivity contribution in [3.63, 3.8) is 0 Å². The normalized spacial score (nSPS) is 12.9. The summed E-state index contributed by atoms with van der Waals surface area (Å²) in [6.45, 7) is 8.34. The number of fused-ring (bicyclic) bond motifs is 3. The smallest absolute Gasteiger partial charge is 0.0537 e. The van der Waals surface area contributed by atoms with Gasteiger partial charge in [0, 0.05) is 22.3 Å². The molecule has 0 N–H and O–H groups in total. The van der Waals surface area contributed by atoms with Crippen molar-refractivity contribution >= 4 is 17.0 Å². The van der Waals surface area contributed by atoms with E-state index >= 15 is 0 Å². The minimum atomic E-state index is 0.840. The molecule has 2 heteroatoms. The molecule has 1 aliphatic carbocycles. The van der Waals surface area contributed by atoms with Gasteiger partial charge in [-0.15, -0.1) is 0 Å². The van der Waals surface area contributed by atoms with Crippen LogP contribution in [0.25, 0.3) is 44.9 Å². The summed E-state index contributed by atoms with van der Waals surface area (Å²) in [5.74, 6) is 0. The average molecular weight is 703 g/mol. The predicted octanol–water partition coefficient (Wildman–Crippen LogP) is 8.73. The maximum Gasteiger partial charge on any atom is 0.0537 e. The van der Waals surface area contributed by atoms with Gasteiger partial charge in [-0.1, -0.05) is 135 Å². The first-order valence-corrected chi connectivity index (χ1v) is 19.3. The Hall–Kier alpha value is -3.89. The Kier molecular flexibility index (Phi) is 11.9. The Morgan fingerprint density at radius 3 is 1.93 bits per heavy atom. The molecule has 1 saturated heterocycles. The SMILES string of the molecule is C1C[I-]1.CC.Cc1cc(-c2ccccc2)cc(-n2c3c(c4ccccc42)C=CCCC3)c1.Cc1ccccc1-c1ccccc1. The van der Waals surface area contributed by atoms with Gasteiger partial charge in [-0.3, -0.25) is 0 Å². The number of hydrogen-bond donors (Lipinski definition) is 0. The number of alkyl halides is 2. The van der Waals surface area contributed by atoms with Crippen LogP contribution in [-0.2, 0) is 6.42 Å². The van der Waals surface area contributed by atoms with E-state index in [0.717, 1.165) is 34.0 Å². The van der Waals surface area contributed by atoms with Crippen molar-refractivity contribution in [3.8, 4) is 27.9 Å². The molecular formula is C43H45IN-. The molecule has 1 aromatic heterocycles. The fraction of sp³-hybridized carbons (Fsp3) is 0.209. The Morgan fingerprint density at radius 2 is 1.24 bits per heavy atom. The van der Waals surface area contributed by atoms with E-state index in [-0.39, 0.29) is 0 Å². The average Bonchev–Trinajstić information content (AvgIpc) is 3.97. The predicted molar refractivity (Wildman–Crippen MR) is 193 cm³/mol. The molecule has 45 heavy (non-hydrogen) atoms. The Balaban J connectivity index is 0.000000184. The Morgan fingerprint density at radius 1 is 0.622 bits per heavy atom. The van der Waals surface area contributed by atoms with Gasteiger partial charge < -0.3 is 4.57 Å². The molecule has 0 amide bonds. The van der Waals surface area contributed by atoms with Crippen molar-refractivity contribution in [1.29, 1.82) is 0 Å². The van der Waals surface area contributed by atoms with Crippen LogP contribution in [0.4, 0.5) is 0 Å². The summed E-state index contributed by atoms with van der Waals surface area (Å²) in [5.41, 5.74) is 13.2. The number of aromatic nitrogens is 1. The number of allylic oxidation sites excluding steroid dienone is 1. The van der Waals surface area contributed by atoms with Gasteiger partial charge >= 0.3 is 30.1 Å². The first kappa shape index (κ1) is 32.5. The number of halogens is 1. The molecule has 0 radical (unpaired) electrons. The summed E-state index contributed by atoms with van der Waals surface area (Å²) in [5, 5.41) is 1.36. The zero-order valence-electron chi connectivity index (χ0n) is 27.1. The number of rotatable bonds is 3. The van der Waals surface area contributed by atoms with Crippen LogP contribution in [0.5, 0.6) is 0 Å². The van der Waals surface area contributed by atoms with Crippen molar-refractivity contribution in [3.05, 3.63) is 156 Å². The molecule has 230 valence electrons. The maximum absolute atomic E-state index is 2.49. The minimum absolute atomic E-state index is 0.840. The van der Waals surface area contributed by atoms with Gasteiger partial charge in [-0.25, -0.2) is 0 Å². The fourth-order valence-corrected chi connectivity index (χ4v) is 5.84. The summed E-state index contributed by atoms with van der Waals surface area (Å²) in [6, 6.07) is 45.3. The van der Waals surface area contributed by atoms with Crippen LogP contribution in [0.3, 0.4) is 0 Å².